The third-order valence-electron chi connectivity index (χ3n) is 3.22. The van der Waals surface area contributed by atoms with Crippen LogP contribution in [0, 0.1) is 0 Å². The molecule has 0 spiro atoms. The van der Waals surface area contributed by atoms with E-state index in [2.05, 4.69) is 0 Å². The summed E-state index contributed by atoms with van der Waals surface area (Å²) in [5.74, 6) is -0.446. The lowest BCUT2D eigenvalue weighted by Gasteiger charge is -2.06. The summed E-state index contributed by atoms with van der Waals surface area (Å²) in [4.78, 5) is 11.3. The zero-order chi connectivity index (χ0) is 14.8. The van der Waals surface area contributed by atoms with Crippen molar-refractivity contribution in [2.75, 3.05) is 7.11 Å². The SMILES string of the molecule is COc1ccc(-c2coc(C(=O)O)c2-n2cccc2)cc1. The molecule has 0 radical (unpaired) electrons. The number of hydrogen-bond acceptors (Lipinski definition) is 3. The number of ether oxygens (including phenoxy) is 1. The Labute approximate surface area is 121 Å². The van der Waals surface area contributed by atoms with Gasteiger partial charge in [-0.2, -0.15) is 0 Å². The van der Waals surface area contributed by atoms with Gasteiger partial charge in [0.25, 0.3) is 0 Å². The van der Waals surface area contributed by atoms with Crippen LogP contribution >= 0.6 is 0 Å². The summed E-state index contributed by atoms with van der Waals surface area (Å²) in [6.45, 7) is 0. The monoisotopic (exact) mass is 283 g/mol. The van der Waals surface area contributed by atoms with Crippen LogP contribution in [0.4, 0.5) is 0 Å². The zero-order valence-corrected chi connectivity index (χ0v) is 11.3. The Morgan fingerprint density at radius 1 is 1.19 bits per heavy atom. The molecule has 0 aliphatic rings. The fraction of sp³-hybridized carbons (Fsp3) is 0.0625. The molecule has 0 aliphatic heterocycles. The molecule has 0 aliphatic carbocycles. The van der Waals surface area contributed by atoms with Gasteiger partial charge in [0.2, 0.25) is 5.76 Å². The number of hydrogen-bond donors (Lipinski definition) is 1. The molecule has 0 atom stereocenters. The highest BCUT2D eigenvalue weighted by atomic mass is 16.5. The first-order valence-corrected chi connectivity index (χ1v) is 6.33. The van der Waals surface area contributed by atoms with Gasteiger partial charge >= 0.3 is 5.97 Å². The maximum atomic E-state index is 11.3. The number of carboxylic acid groups (broad SMARTS) is 1. The van der Waals surface area contributed by atoms with Crippen molar-refractivity contribution in [2.24, 2.45) is 0 Å². The van der Waals surface area contributed by atoms with Crippen LogP contribution in [0.15, 0.2) is 59.5 Å². The summed E-state index contributed by atoms with van der Waals surface area (Å²) in [5, 5.41) is 9.28. The summed E-state index contributed by atoms with van der Waals surface area (Å²) >= 11 is 0. The smallest absolute Gasteiger partial charge is 0.374 e. The fourth-order valence-electron chi connectivity index (χ4n) is 2.22. The van der Waals surface area contributed by atoms with Crippen LogP contribution in [0.1, 0.15) is 10.6 Å². The summed E-state index contributed by atoms with van der Waals surface area (Å²) in [7, 11) is 1.60. The van der Waals surface area contributed by atoms with Crippen LogP contribution in [-0.4, -0.2) is 22.8 Å². The van der Waals surface area contributed by atoms with E-state index in [-0.39, 0.29) is 5.76 Å². The number of carbonyl (C=O) groups is 1. The van der Waals surface area contributed by atoms with Crippen molar-refractivity contribution in [3.05, 3.63) is 60.8 Å². The van der Waals surface area contributed by atoms with Crippen LogP contribution in [-0.2, 0) is 0 Å². The number of aromatic nitrogens is 1. The van der Waals surface area contributed by atoms with Crippen LogP contribution < -0.4 is 4.74 Å². The van der Waals surface area contributed by atoms with Crippen LogP contribution in [0.2, 0.25) is 0 Å². The molecule has 21 heavy (non-hydrogen) atoms. The molecular weight excluding hydrogens is 270 g/mol. The molecule has 0 bridgehead atoms. The third kappa shape index (κ3) is 2.29. The fourth-order valence-corrected chi connectivity index (χ4v) is 2.22. The standard InChI is InChI=1S/C16H13NO4/c1-20-12-6-4-11(5-7-12)13-10-21-15(16(18)19)14(13)17-8-2-3-9-17/h2-10H,1H3,(H,18,19). The summed E-state index contributed by atoms with van der Waals surface area (Å²) < 4.78 is 12.1. The van der Waals surface area contributed by atoms with Crippen molar-refractivity contribution in [1.82, 2.24) is 4.57 Å². The zero-order valence-electron chi connectivity index (χ0n) is 11.3. The quantitative estimate of drug-likeness (QED) is 0.796. The predicted octanol–water partition coefficient (Wildman–Crippen LogP) is 3.44. The number of methoxy groups -OCH3 is 1. The van der Waals surface area contributed by atoms with E-state index >= 15 is 0 Å². The van der Waals surface area contributed by atoms with Crippen molar-refractivity contribution < 1.29 is 19.1 Å². The molecule has 3 rings (SSSR count). The minimum Gasteiger partial charge on any atom is -0.497 e. The highest BCUT2D eigenvalue weighted by Gasteiger charge is 2.21. The van der Waals surface area contributed by atoms with Gasteiger partial charge in [-0.05, 0) is 29.8 Å². The maximum Gasteiger partial charge on any atom is 0.374 e. The average Bonchev–Trinajstić information content (AvgIpc) is 3.16. The Morgan fingerprint density at radius 3 is 2.43 bits per heavy atom. The summed E-state index contributed by atoms with van der Waals surface area (Å²) in [6.07, 6.45) is 5.02. The van der Waals surface area contributed by atoms with Crippen molar-refractivity contribution in [2.45, 2.75) is 0 Å². The molecule has 2 aromatic heterocycles. The first-order valence-electron chi connectivity index (χ1n) is 6.33. The van der Waals surface area contributed by atoms with E-state index in [9.17, 15) is 9.90 Å². The first-order chi connectivity index (χ1) is 10.2. The van der Waals surface area contributed by atoms with E-state index in [0.29, 0.717) is 11.3 Å². The van der Waals surface area contributed by atoms with Gasteiger partial charge in [-0.1, -0.05) is 12.1 Å². The first kappa shape index (κ1) is 13.1. The van der Waals surface area contributed by atoms with Gasteiger partial charge in [0.05, 0.1) is 7.11 Å². The third-order valence-corrected chi connectivity index (χ3v) is 3.22. The second-order valence-electron chi connectivity index (χ2n) is 4.45. The number of benzene rings is 1. The number of nitrogens with zero attached hydrogens (tertiary/aromatic N) is 1. The molecule has 1 aromatic carbocycles. The molecule has 3 aromatic rings. The van der Waals surface area contributed by atoms with Crippen molar-refractivity contribution >= 4 is 5.97 Å². The molecule has 5 nitrogen and oxygen atoms in total. The van der Waals surface area contributed by atoms with Gasteiger partial charge in [-0.3, -0.25) is 0 Å². The second-order valence-corrected chi connectivity index (χ2v) is 4.45. The van der Waals surface area contributed by atoms with E-state index in [0.717, 1.165) is 11.3 Å². The molecular formula is C16H13NO4. The van der Waals surface area contributed by atoms with Gasteiger partial charge in [-0.15, -0.1) is 0 Å². The number of aromatic carboxylic acids is 1. The van der Waals surface area contributed by atoms with Crippen LogP contribution in [0.5, 0.6) is 5.75 Å². The number of furan rings is 1. The normalized spacial score (nSPS) is 10.5. The Bertz CT molecular complexity index is 754. The largest absolute Gasteiger partial charge is 0.497 e. The molecule has 0 unspecified atom stereocenters. The average molecular weight is 283 g/mol. The molecule has 0 saturated heterocycles. The van der Waals surface area contributed by atoms with E-state index in [4.69, 9.17) is 9.15 Å². The Kier molecular flexibility index (Phi) is 3.23. The van der Waals surface area contributed by atoms with Gasteiger partial charge < -0.3 is 18.8 Å². The highest BCUT2D eigenvalue weighted by Crippen LogP contribution is 2.32. The minimum atomic E-state index is -1.10. The molecule has 5 heteroatoms. The minimum absolute atomic E-state index is 0.0861. The molecule has 2 heterocycles. The van der Waals surface area contributed by atoms with Crippen molar-refractivity contribution in [3.63, 3.8) is 0 Å². The second kappa shape index (κ2) is 5.20. The van der Waals surface area contributed by atoms with Crippen LogP contribution in [0.3, 0.4) is 0 Å². The topological polar surface area (TPSA) is 64.6 Å². The molecule has 0 amide bonds. The maximum absolute atomic E-state index is 11.3. The lowest BCUT2D eigenvalue weighted by molar-refractivity contribution is 0.0662. The lowest BCUT2D eigenvalue weighted by atomic mass is 10.1. The van der Waals surface area contributed by atoms with Crippen LogP contribution in [0.25, 0.3) is 16.8 Å². The van der Waals surface area contributed by atoms with Gasteiger partial charge in [0.1, 0.15) is 17.7 Å². The highest BCUT2D eigenvalue weighted by molar-refractivity contribution is 5.93. The summed E-state index contributed by atoms with van der Waals surface area (Å²) in [5.41, 5.74) is 2.08. The van der Waals surface area contributed by atoms with Crippen molar-refractivity contribution in [3.8, 4) is 22.6 Å². The van der Waals surface area contributed by atoms with Gasteiger partial charge in [0, 0.05) is 18.0 Å². The predicted molar refractivity (Wildman–Crippen MR) is 77.0 cm³/mol. The van der Waals surface area contributed by atoms with E-state index in [1.54, 1.807) is 24.1 Å². The number of rotatable bonds is 4. The Balaban J connectivity index is 2.16. The van der Waals surface area contributed by atoms with Gasteiger partial charge in [0.15, 0.2) is 0 Å². The van der Waals surface area contributed by atoms with Gasteiger partial charge in [-0.25, -0.2) is 4.79 Å². The lowest BCUT2D eigenvalue weighted by Crippen LogP contribution is -2.01. The Morgan fingerprint density at radius 2 is 1.86 bits per heavy atom. The molecule has 0 fully saturated rings. The van der Waals surface area contributed by atoms with E-state index < -0.39 is 5.97 Å². The molecule has 1 N–H and O–H groups in total. The van der Waals surface area contributed by atoms with Crippen molar-refractivity contribution in [1.29, 1.82) is 0 Å². The molecule has 0 saturated carbocycles. The summed E-state index contributed by atoms with van der Waals surface area (Å²) in [6, 6.07) is 11.0. The molecule has 106 valence electrons. The Hall–Kier alpha value is -2.95. The van der Waals surface area contributed by atoms with E-state index in [1.807, 2.05) is 36.4 Å². The number of carboxylic acids is 1. The van der Waals surface area contributed by atoms with E-state index in [1.165, 1.54) is 6.26 Å².